The van der Waals surface area contributed by atoms with Crippen LogP contribution in [-0.4, -0.2) is 30.6 Å². The number of rotatable bonds is 4. The molecule has 0 aliphatic carbocycles. The van der Waals surface area contributed by atoms with Gasteiger partial charge in [0.15, 0.2) is 5.82 Å². The molecular weight excluding hydrogens is 288 g/mol. The van der Waals surface area contributed by atoms with Crippen LogP contribution < -0.4 is 15.1 Å². The highest BCUT2D eigenvalue weighted by molar-refractivity contribution is 5.96. The number of anilines is 2. The van der Waals surface area contributed by atoms with E-state index in [2.05, 4.69) is 21.8 Å². The molecule has 0 saturated carbocycles. The van der Waals surface area contributed by atoms with Gasteiger partial charge in [-0.05, 0) is 17.7 Å². The van der Waals surface area contributed by atoms with Gasteiger partial charge in [0.1, 0.15) is 0 Å². The van der Waals surface area contributed by atoms with Crippen LogP contribution in [0.15, 0.2) is 61.3 Å². The summed E-state index contributed by atoms with van der Waals surface area (Å²) in [6.45, 7) is 6.40. The minimum atomic E-state index is -0.0960. The summed E-state index contributed by atoms with van der Waals surface area (Å²) in [5.74, 6) is 0.827. The van der Waals surface area contributed by atoms with Crippen LogP contribution in [0.1, 0.15) is 5.56 Å². The van der Waals surface area contributed by atoms with E-state index < -0.39 is 0 Å². The second-order valence-corrected chi connectivity index (χ2v) is 5.38. The Morgan fingerprint density at radius 3 is 2.83 bits per heavy atom. The zero-order valence-electron chi connectivity index (χ0n) is 13.0. The SMILES string of the molecule is C=CCN1CCN(C(=O)NCc2ccccc2)c2cccnc21. The number of benzene rings is 1. The van der Waals surface area contributed by atoms with Crippen molar-refractivity contribution in [2.45, 2.75) is 6.54 Å². The first-order valence-corrected chi connectivity index (χ1v) is 7.70. The minimum absolute atomic E-state index is 0.0960. The van der Waals surface area contributed by atoms with Crippen molar-refractivity contribution in [2.75, 3.05) is 29.4 Å². The second kappa shape index (κ2) is 6.96. The molecule has 2 aromatic rings. The lowest BCUT2D eigenvalue weighted by molar-refractivity contribution is 0.245. The molecule has 1 aliphatic rings. The van der Waals surface area contributed by atoms with Crippen LogP contribution in [0.4, 0.5) is 16.3 Å². The number of carbonyl (C=O) groups excluding carboxylic acids is 1. The highest BCUT2D eigenvalue weighted by Gasteiger charge is 2.26. The molecule has 0 saturated heterocycles. The molecule has 0 radical (unpaired) electrons. The third-order valence-electron chi connectivity index (χ3n) is 3.83. The molecule has 1 aromatic carbocycles. The largest absolute Gasteiger partial charge is 0.349 e. The van der Waals surface area contributed by atoms with E-state index in [9.17, 15) is 4.79 Å². The molecule has 1 aromatic heterocycles. The van der Waals surface area contributed by atoms with Crippen LogP contribution >= 0.6 is 0 Å². The van der Waals surface area contributed by atoms with Gasteiger partial charge in [-0.2, -0.15) is 0 Å². The Labute approximate surface area is 136 Å². The summed E-state index contributed by atoms with van der Waals surface area (Å²) in [5.41, 5.74) is 1.92. The first-order valence-electron chi connectivity index (χ1n) is 7.70. The molecular formula is C18H20N4O. The molecule has 2 amide bonds. The molecule has 5 nitrogen and oxygen atoms in total. The van der Waals surface area contributed by atoms with Gasteiger partial charge in [0.25, 0.3) is 0 Å². The Kier molecular flexibility index (Phi) is 4.57. The lowest BCUT2D eigenvalue weighted by atomic mass is 10.2. The maximum atomic E-state index is 12.5. The van der Waals surface area contributed by atoms with E-state index in [-0.39, 0.29) is 6.03 Å². The highest BCUT2D eigenvalue weighted by Crippen LogP contribution is 2.30. The van der Waals surface area contributed by atoms with Gasteiger partial charge >= 0.3 is 6.03 Å². The number of nitrogens with zero attached hydrogens (tertiary/aromatic N) is 3. The van der Waals surface area contributed by atoms with Crippen LogP contribution in [0.25, 0.3) is 0 Å². The Morgan fingerprint density at radius 1 is 1.22 bits per heavy atom. The molecule has 1 N–H and O–H groups in total. The molecule has 0 atom stereocenters. The van der Waals surface area contributed by atoms with Gasteiger partial charge in [-0.25, -0.2) is 9.78 Å². The first-order chi connectivity index (χ1) is 11.3. The molecule has 0 spiro atoms. The summed E-state index contributed by atoms with van der Waals surface area (Å²) >= 11 is 0. The maximum Gasteiger partial charge on any atom is 0.322 e. The predicted molar refractivity (Wildman–Crippen MR) is 92.7 cm³/mol. The number of urea groups is 1. The minimum Gasteiger partial charge on any atom is -0.349 e. The Hall–Kier alpha value is -2.82. The number of amides is 2. The first kappa shape index (κ1) is 15.1. The Bertz CT molecular complexity index is 686. The van der Waals surface area contributed by atoms with Crippen LogP contribution in [-0.2, 0) is 6.54 Å². The average molecular weight is 308 g/mol. The van der Waals surface area contributed by atoms with Gasteiger partial charge < -0.3 is 10.2 Å². The van der Waals surface area contributed by atoms with Crippen molar-refractivity contribution in [3.8, 4) is 0 Å². The van der Waals surface area contributed by atoms with Gasteiger partial charge in [-0.1, -0.05) is 36.4 Å². The third kappa shape index (κ3) is 3.34. The number of fused-ring (bicyclic) bond motifs is 1. The fourth-order valence-electron chi connectivity index (χ4n) is 2.70. The summed E-state index contributed by atoms with van der Waals surface area (Å²) in [7, 11) is 0. The summed E-state index contributed by atoms with van der Waals surface area (Å²) in [6, 6.07) is 13.6. The normalized spacial score (nSPS) is 13.4. The van der Waals surface area contributed by atoms with Gasteiger partial charge in [0, 0.05) is 32.4 Å². The van der Waals surface area contributed by atoms with E-state index in [0.717, 1.165) is 30.2 Å². The van der Waals surface area contributed by atoms with Crippen molar-refractivity contribution in [2.24, 2.45) is 0 Å². The summed E-state index contributed by atoms with van der Waals surface area (Å²) in [4.78, 5) is 20.9. The van der Waals surface area contributed by atoms with Crippen LogP contribution in [0.2, 0.25) is 0 Å². The number of pyridine rings is 1. The van der Waals surface area contributed by atoms with E-state index in [1.54, 1.807) is 11.1 Å². The van der Waals surface area contributed by atoms with E-state index in [4.69, 9.17) is 0 Å². The van der Waals surface area contributed by atoms with Crippen molar-refractivity contribution in [3.05, 3.63) is 66.9 Å². The van der Waals surface area contributed by atoms with Crippen molar-refractivity contribution in [1.82, 2.24) is 10.3 Å². The molecule has 0 unspecified atom stereocenters. The quantitative estimate of drug-likeness (QED) is 0.884. The average Bonchev–Trinajstić information content (AvgIpc) is 2.61. The Balaban J connectivity index is 1.73. The molecule has 23 heavy (non-hydrogen) atoms. The fourth-order valence-corrected chi connectivity index (χ4v) is 2.70. The van der Waals surface area contributed by atoms with Crippen molar-refractivity contribution < 1.29 is 4.79 Å². The van der Waals surface area contributed by atoms with Gasteiger partial charge in [-0.3, -0.25) is 4.90 Å². The molecule has 0 fully saturated rings. The van der Waals surface area contributed by atoms with E-state index in [1.807, 2.05) is 48.5 Å². The predicted octanol–water partition coefficient (Wildman–Crippen LogP) is 2.80. The van der Waals surface area contributed by atoms with Crippen LogP contribution in [0, 0.1) is 0 Å². The molecule has 1 aliphatic heterocycles. The van der Waals surface area contributed by atoms with Crippen molar-refractivity contribution in [1.29, 1.82) is 0 Å². The zero-order chi connectivity index (χ0) is 16.1. The monoisotopic (exact) mass is 308 g/mol. The lowest BCUT2D eigenvalue weighted by Crippen LogP contribution is -2.48. The number of aromatic nitrogens is 1. The smallest absolute Gasteiger partial charge is 0.322 e. The number of hydrogen-bond donors (Lipinski definition) is 1. The Morgan fingerprint density at radius 2 is 2.04 bits per heavy atom. The third-order valence-corrected chi connectivity index (χ3v) is 3.83. The standard InChI is InChI=1S/C18H20N4O/c1-2-11-21-12-13-22(16-9-6-10-19-17(16)21)18(23)20-14-15-7-4-3-5-8-15/h2-10H,1,11-14H2,(H,20,23). The summed E-state index contributed by atoms with van der Waals surface area (Å²) in [6.07, 6.45) is 3.60. The van der Waals surface area contributed by atoms with E-state index in [0.29, 0.717) is 13.1 Å². The topological polar surface area (TPSA) is 48.5 Å². The maximum absolute atomic E-state index is 12.5. The van der Waals surface area contributed by atoms with Crippen LogP contribution in [0.5, 0.6) is 0 Å². The van der Waals surface area contributed by atoms with E-state index in [1.165, 1.54) is 0 Å². The summed E-state index contributed by atoms with van der Waals surface area (Å²) in [5, 5.41) is 2.98. The van der Waals surface area contributed by atoms with Gasteiger partial charge in [0.05, 0.1) is 5.69 Å². The fraction of sp³-hybridized carbons (Fsp3) is 0.222. The number of carbonyl (C=O) groups is 1. The number of hydrogen-bond acceptors (Lipinski definition) is 3. The van der Waals surface area contributed by atoms with Crippen LogP contribution in [0.3, 0.4) is 0 Å². The second-order valence-electron chi connectivity index (χ2n) is 5.38. The molecule has 3 rings (SSSR count). The molecule has 118 valence electrons. The zero-order valence-corrected chi connectivity index (χ0v) is 13.0. The number of nitrogens with one attached hydrogen (secondary N) is 1. The summed E-state index contributed by atoms with van der Waals surface area (Å²) < 4.78 is 0. The highest BCUT2D eigenvalue weighted by atomic mass is 16.2. The molecule has 5 heteroatoms. The van der Waals surface area contributed by atoms with Gasteiger partial charge in [-0.15, -0.1) is 6.58 Å². The molecule has 0 bridgehead atoms. The lowest BCUT2D eigenvalue weighted by Gasteiger charge is -2.36. The van der Waals surface area contributed by atoms with Crippen molar-refractivity contribution >= 4 is 17.5 Å². The van der Waals surface area contributed by atoms with Crippen molar-refractivity contribution in [3.63, 3.8) is 0 Å². The molecule has 2 heterocycles. The van der Waals surface area contributed by atoms with E-state index >= 15 is 0 Å². The van der Waals surface area contributed by atoms with Gasteiger partial charge in [0.2, 0.25) is 0 Å².